The highest BCUT2D eigenvalue weighted by Gasteiger charge is 2.08. The summed E-state index contributed by atoms with van der Waals surface area (Å²) in [7, 11) is 3.23. The predicted octanol–water partition coefficient (Wildman–Crippen LogP) is 1.17. The molecule has 1 fully saturated rings. The minimum Gasteiger partial charge on any atom is -0.468 e. The summed E-state index contributed by atoms with van der Waals surface area (Å²) in [5.74, 6) is 0.590. The maximum atomic E-state index is 4.96. The lowest BCUT2D eigenvalue weighted by Gasteiger charge is -2.12. The first kappa shape index (κ1) is 8.24. The average molecular weight is 157 g/mol. The van der Waals surface area contributed by atoms with E-state index in [1.165, 1.54) is 12.8 Å². The molecule has 0 unspecified atom stereocenters. The van der Waals surface area contributed by atoms with Crippen molar-refractivity contribution >= 4 is 0 Å². The fourth-order valence-corrected chi connectivity index (χ4v) is 1.21. The first-order valence-electron chi connectivity index (χ1n) is 3.90. The van der Waals surface area contributed by atoms with Gasteiger partial charge in [-0.3, -0.25) is 0 Å². The van der Waals surface area contributed by atoms with Crippen molar-refractivity contribution < 1.29 is 9.47 Å². The molecule has 0 bridgehead atoms. The zero-order valence-electron chi connectivity index (χ0n) is 7.17. The van der Waals surface area contributed by atoms with Crippen molar-refractivity contribution in [3.63, 3.8) is 0 Å². The van der Waals surface area contributed by atoms with Crippen molar-refractivity contribution in [3.8, 4) is 0 Å². The predicted molar refractivity (Wildman–Crippen MR) is 42.9 cm³/mol. The highest BCUT2D eigenvalue weighted by Crippen LogP contribution is 2.09. The Balaban J connectivity index is 2.40. The molecule has 0 N–H and O–H groups in total. The van der Waals surface area contributed by atoms with Gasteiger partial charge in [-0.25, -0.2) is 0 Å². The maximum Gasteiger partial charge on any atom is 0.295 e. The molecule has 0 amide bonds. The van der Waals surface area contributed by atoms with Gasteiger partial charge in [0.15, 0.2) is 0 Å². The molecule has 3 heteroatoms. The van der Waals surface area contributed by atoms with Crippen LogP contribution >= 0.6 is 0 Å². The Morgan fingerprint density at radius 3 is 2.18 bits per heavy atom. The van der Waals surface area contributed by atoms with Gasteiger partial charge in [0.05, 0.1) is 20.4 Å². The van der Waals surface area contributed by atoms with Crippen molar-refractivity contribution in [3.05, 3.63) is 12.1 Å². The molecule has 11 heavy (non-hydrogen) atoms. The molecule has 0 aliphatic carbocycles. The van der Waals surface area contributed by atoms with E-state index in [1.807, 2.05) is 6.20 Å². The van der Waals surface area contributed by atoms with Gasteiger partial charge in [-0.15, -0.1) is 0 Å². The van der Waals surface area contributed by atoms with Crippen LogP contribution in [0.3, 0.4) is 0 Å². The van der Waals surface area contributed by atoms with E-state index in [4.69, 9.17) is 9.47 Å². The molecule has 1 aliphatic heterocycles. The van der Waals surface area contributed by atoms with E-state index in [0.29, 0.717) is 5.95 Å². The summed E-state index contributed by atoms with van der Waals surface area (Å²) in [6.45, 7) is 2.24. The Morgan fingerprint density at radius 1 is 1.18 bits per heavy atom. The molecule has 0 spiro atoms. The zero-order chi connectivity index (χ0) is 8.10. The number of nitrogens with zero attached hydrogens (tertiary/aromatic N) is 1. The molecule has 0 radical (unpaired) electrons. The normalized spacial score (nSPS) is 16.4. The molecule has 1 rings (SSSR count). The van der Waals surface area contributed by atoms with Crippen LogP contribution in [0.4, 0.5) is 0 Å². The van der Waals surface area contributed by atoms with E-state index in [2.05, 4.69) is 4.90 Å². The molecule has 0 saturated carbocycles. The van der Waals surface area contributed by atoms with Gasteiger partial charge >= 0.3 is 0 Å². The first-order valence-corrected chi connectivity index (χ1v) is 3.90. The van der Waals surface area contributed by atoms with Crippen molar-refractivity contribution in [2.75, 3.05) is 27.3 Å². The summed E-state index contributed by atoms with van der Waals surface area (Å²) in [5, 5.41) is 0. The lowest BCUT2D eigenvalue weighted by molar-refractivity contribution is 0.0878. The molecule has 1 aliphatic rings. The number of rotatable bonds is 3. The topological polar surface area (TPSA) is 21.7 Å². The minimum atomic E-state index is 0.590. The molecule has 0 atom stereocenters. The number of hydrogen-bond acceptors (Lipinski definition) is 3. The molecule has 64 valence electrons. The third kappa shape index (κ3) is 2.33. The standard InChI is InChI=1S/C8H15NO2/c1-10-8(11-2)7-9-5-3-4-6-9/h7H,3-6H2,1-2H3. The summed E-state index contributed by atoms with van der Waals surface area (Å²) in [4.78, 5) is 2.21. The molecule has 0 aromatic carbocycles. The van der Waals surface area contributed by atoms with E-state index in [9.17, 15) is 0 Å². The van der Waals surface area contributed by atoms with Crippen LogP contribution in [0.15, 0.2) is 12.1 Å². The third-order valence-corrected chi connectivity index (χ3v) is 1.83. The van der Waals surface area contributed by atoms with Gasteiger partial charge in [-0.2, -0.15) is 0 Å². The van der Waals surface area contributed by atoms with Crippen molar-refractivity contribution in [1.29, 1.82) is 0 Å². The highest BCUT2D eigenvalue weighted by molar-refractivity contribution is 4.86. The van der Waals surface area contributed by atoms with Crippen LogP contribution in [0.2, 0.25) is 0 Å². The van der Waals surface area contributed by atoms with Gasteiger partial charge < -0.3 is 14.4 Å². The van der Waals surface area contributed by atoms with Crippen LogP contribution in [0.5, 0.6) is 0 Å². The summed E-state index contributed by atoms with van der Waals surface area (Å²) < 4.78 is 9.92. The molecule has 3 nitrogen and oxygen atoms in total. The second-order valence-electron chi connectivity index (χ2n) is 2.60. The Kier molecular flexibility index (Phi) is 3.08. The van der Waals surface area contributed by atoms with Crippen molar-refractivity contribution in [2.24, 2.45) is 0 Å². The van der Waals surface area contributed by atoms with Crippen LogP contribution in [0, 0.1) is 0 Å². The van der Waals surface area contributed by atoms with Crippen molar-refractivity contribution in [2.45, 2.75) is 12.8 Å². The number of ether oxygens (including phenoxy) is 2. The van der Waals surface area contributed by atoms with E-state index >= 15 is 0 Å². The first-order chi connectivity index (χ1) is 5.36. The van der Waals surface area contributed by atoms with E-state index in [-0.39, 0.29) is 0 Å². The molecule has 1 saturated heterocycles. The van der Waals surface area contributed by atoms with Gasteiger partial charge in [0.2, 0.25) is 0 Å². The van der Waals surface area contributed by atoms with E-state index in [0.717, 1.165) is 13.1 Å². The molecule has 1 heterocycles. The van der Waals surface area contributed by atoms with Crippen molar-refractivity contribution in [1.82, 2.24) is 4.90 Å². The highest BCUT2D eigenvalue weighted by atomic mass is 16.7. The van der Waals surface area contributed by atoms with Gasteiger partial charge in [0.25, 0.3) is 5.95 Å². The lowest BCUT2D eigenvalue weighted by Crippen LogP contribution is -2.12. The van der Waals surface area contributed by atoms with Crippen LogP contribution in [-0.4, -0.2) is 32.2 Å². The van der Waals surface area contributed by atoms with Gasteiger partial charge in [-0.1, -0.05) is 0 Å². The minimum absolute atomic E-state index is 0.590. The Hall–Kier alpha value is -0.860. The van der Waals surface area contributed by atoms with Gasteiger partial charge in [0.1, 0.15) is 0 Å². The summed E-state index contributed by atoms with van der Waals surface area (Å²) in [6, 6.07) is 0. The smallest absolute Gasteiger partial charge is 0.295 e. The number of hydrogen-bond donors (Lipinski definition) is 0. The van der Waals surface area contributed by atoms with Gasteiger partial charge in [-0.05, 0) is 12.8 Å². The fraction of sp³-hybridized carbons (Fsp3) is 0.750. The molecular formula is C8H15NO2. The zero-order valence-corrected chi connectivity index (χ0v) is 7.17. The van der Waals surface area contributed by atoms with Crippen LogP contribution in [-0.2, 0) is 9.47 Å². The Labute approximate surface area is 67.6 Å². The SMILES string of the molecule is COC(=CN1CCCC1)OC. The average Bonchev–Trinajstić information content (AvgIpc) is 2.52. The maximum absolute atomic E-state index is 4.96. The summed E-state index contributed by atoms with van der Waals surface area (Å²) >= 11 is 0. The second-order valence-corrected chi connectivity index (χ2v) is 2.60. The fourth-order valence-electron chi connectivity index (χ4n) is 1.21. The largest absolute Gasteiger partial charge is 0.468 e. The number of methoxy groups -OCH3 is 2. The Bertz CT molecular complexity index is 133. The van der Waals surface area contributed by atoms with Crippen LogP contribution in [0.1, 0.15) is 12.8 Å². The quantitative estimate of drug-likeness (QED) is 0.574. The Morgan fingerprint density at radius 2 is 1.73 bits per heavy atom. The summed E-state index contributed by atoms with van der Waals surface area (Å²) in [6.07, 6.45) is 4.47. The van der Waals surface area contributed by atoms with Crippen LogP contribution in [0.25, 0.3) is 0 Å². The van der Waals surface area contributed by atoms with Crippen LogP contribution < -0.4 is 0 Å². The summed E-state index contributed by atoms with van der Waals surface area (Å²) in [5.41, 5.74) is 0. The van der Waals surface area contributed by atoms with Gasteiger partial charge in [0, 0.05) is 13.1 Å². The second kappa shape index (κ2) is 4.11. The molecule has 0 aromatic heterocycles. The lowest BCUT2D eigenvalue weighted by atomic mass is 10.4. The molecular weight excluding hydrogens is 142 g/mol. The third-order valence-electron chi connectivity index (χ3n) is 1.83. The van der Waals surface area contributed by atoms with E-state index in [1.54, 1.807) is 14.2 Å². The number of likely N-dealkylation sites (tertiary alicyclic amines) is 1. The van der Waals surface area contributed by atoms with E-state index < -0.39 is 0 Å². The monoisotopic (exact) mass is 157 g/mol. The molecule has 0 aromatic rings.